The summed E-state index contributed by atoms with van der Waals surface area (Å²) in [6.07, 6.45) is 3.59. The average Bonchev–Trinajstić information content (AvgIpc) is 2.44. The van der Waals surface area contributed by atoms with E-state index in [0.717, 1.165) is 31.7 Å². The second kappa shape index (κ2) is 6.19. The third-order valence-corrected chi connectivity index (χ3v) is 4.44. The SMILES string of the molecule is CCOC1(C(N)c2cccc(F)c2F)CCC(C)CC1. The molecule has 1 aromatic carbocycles. The molecule has 1 aliphatic carbocycles. The molecular formula is C16H23F2NO. The van der Waals surface area contributed by atoms with Gasteiger partial charge in [-0.3, -0.25) is 0 Å². The number of hydrogen-bond acceptors (Lipinski definition) is 2. The van der Waals surface area contributed by atoms with Gasteiger partial charge < -0.3 is 10.5 Å². The minimum atomic E-state index is -0.853. The van der Waals surface area contributed by atoms with Crippen LogP contribution in [0.25, 0.3) is 0 Å². The van der Waals surface area contributed by atoms with E-state index in [0.29, 0.717) is 12.5 Å². The first kappa shape index (κ1) is 15.4. The molecule has 1 atom stereocenters. The highest BCUT2D eigenvalue weighted by atomic mass is 19.2. The monoisotopic (exact) mass is 283 g/mol. The van der Waals surface area contributed by atoms with Gasteiger partial charge in [-0.25, -0.2) is 8.78 Å². The zero-order chi connectivity index (χ0) is 14.8. The van der Waals surface area contributed by atoms with Crippen molar-refractivity contribution in [2.24, 2.45) is 11.7 Å². The largest absolute Gasteiger partial charge is 0.373 e. The van der Waals surface area contributed by atoms with Crippen LogP contribution in [0.2, 0.25) is 0 Å². The lowest BCUT2D eigenvalue weighted by Gasteiger charge is -2.43. The third kappa shape index (κ3) is 2.86. The van der Waals surface area contributed by atoms with Gasteiger partial charge in [0.15, 0.2) is 11.6 Å². The van der Waals surface area contributed by atoms with E-state index in [4.69, 9.17) is 10.5 Å². The maximum atomic E-state index is 14.0. The summed E-state index contributed by atoms with van der Waals surface area (Å²) in [7, 11) is 0. The third-order valence-electron chi connectivity index (χ3n) is 4.44. The molecule has 1 fully saturated rings. The second-order valence-corrected chi connectivity index (χ2v) is 5.80. The van der Waals surface area contributed by atoms with Crippen molar-refractivity contribution in [3.8, 4) is 0 Å². The fourth-order valence-electron chi connectivity index (χ4n) is 3.13. The summed E-state index contributed by atoms with van der Waals surface area (Å²) in [5.74, 6) is -1.07. The molecule has 0 amide bonds. The smallest absolute Gasteiger partial charge is 0.163 e. The average molecular weight is 283 g/mol. The van der Waals surface area contributed by atoms with Crippen LogP contribution in [0, 0.1) is 17.6 Å². The van der Waals surface area contributed by atoms with Crippen molar-refractivity contribution in [2.75, 3.05) is 6.61 Å². The first-order valence-corrected chi connectivity index (χ1v) is 7.33. The lowest BCUT2D eigenvalue weighted by Crippen LogP contribution is -2.46. The number of halogens is 2. The lowest BCUT2D eigenvalue weighted by molar-refractivity contribution is -0.0903. The molecule has 0 aromatic heterocycles. The molecule has 2 rings (SSSR count). The van der Waals surface area contributed by atoms with Gasteiger partial charge in [0.1, 0.15) is 0 Å². The molecule has 0 aliphatic heterocycles. The summed E-state index contributed by atoms with van der Waals surface area (Å²) < 4.78 is 33.3. The Morgan fingerprint density at radius 3 is 2.60 bits per heavy atom. The molecule has 0 bridgehead atoms. The topological polar surface area (TPSA) is 35.2 Å². The molecule has 0 spiro atoms. The zero-order valence-electron chi connectivity index (χ0n) is 12.2. The molecule has 1 unspecified atom stereocenters. The van der Waals surface area contributed by atoms with Gasteiger partial charge in [-0.1, -0.05) is 19.1 Å². The first-order chi connectivity index (χ1) is 9.50. The van der Waals surface area contributed by atoms with Crippen LogP contribution in [0.5, 0.6) is 0 Å². The van der Waals surface area contributed by atoms with E-state index in [9.17, 15) is 8.78 Å². The molecule has 0 radical (unpaired) electrons. The minimum Gasteiger partial charge on any atom is -0.373 e. The quantitative estimate of drug-likeness (QED) is 0.908. The number of hydrogen-bond donors (Lipinski definition) is 1. The Morgan fingerprint density at radius 1 is 1.35 bits per heavy atom. The van der Waals surface area contributed by atoms with Crippen LogP contribution in [0.1, 0.15) is 51.1 Å². The molecule has 2 N–H and O–H groups in total. The van der Waals surface area contributed by atoms with Crippen molar-refractivity contribution in [2.45, 2.75) is 51.2 Å². The highest BCUT2D eigenvalue weighted by Gasteiger charge is 2.42. The van der Waals surface area contributed by atoms with Gasteiger partial charge in [-0.15, -0.1) is 0 Å². The van der Waals surface area contributed by atoms with E-state index >= 15 is 0 Å². The first-order valence-electron chi connectivity index (χ1n) is 7.33. The summed E-state index contributed by atoms with van der Waals surface area (Å²) in [5, 5.41) is 0. The van der Waals surface area contributed by atoms with Gasteiger partial charge in [0.25, 0.3) is 0 Å². The van der Waals surface area contributed by atoms with Gasteiger partial charge in [0.05, 0.1) is 11.6 Å². The molecule has 20 heavy (non-hydrogen) atoms. The van der Waals surface area contributed by atoms with Crippen LogP contribution in [0.4, 0.5) is 8.78 Å². The Labute approximate surface area is 119 Å². The number of nitrogens with two attached hydrogens (primary N) is 1. The molecular weight excluding hydrogens is 260 g/mol. The van der Waals surface area contributed by atoms with Crippen molar-refractivity contribution < 1.29 is 13.5 Å². The van der Waals surface area contributed by atoms with Crippen LogP contribution in [-0.2, 0) is 4.74 Å². The lowest BCUT2D eigenvalue weighted by atomic mass is 9.73. The van der Waals surface area contributed by atoms with Gasteiger partial charge in [-0.2, -0.15) is 0 Å². The Bertz CT molecular complexity index is 456. The molecule has 0 saturated heterocycles. The Hall–Kier alpha value is -1.00. The zero-order valence-corrected chi connectivity index (χ0v) is 12.2. The highest BCUT2D eigenvalue weighted by Crippen LogP contribution is 2.42. The maximum absolute atomic E-state index is 14.0. The van der Waals surface area contributed by atoms with E-state index in [2.05, 4.69) is 6.92 Å². The minimum absolute atomic E-state index is 0.216. The Kier molecular flexibility index (Phi) is 4.76. The van der Waals surface area contributed by atoms with E-state index in [1.165, 1.54) is 6.07 Å². The van der Waals surface area contributed by atoms with Crippen molar-refractivity contribution >= 4 is 0 Å². The molecule has 1 aromatic rings. The van der Waals surface area contributed by atoms with Crippen molar-refractivity contribution in [1.82, 2.24) is 0 Å². The molecule has 4 heteroatoms. The standard InChI is InChI=1S/C16H23F2NO/c1-3-20-16(9-7-11(2)8-10-16)15(19)12-5-4-6-13(17)14(12)18/h4-6,11,15H,3,7-10,19H2,1-2H3. The molecule has 2 nitrogen and oxygen atoms in total. The van der Waals surface area contributed by atoms with E-state index in [-0.39, 0.29) is 5.56 Å². The summed E-state index contributed by atoms with van der Waals surface area (Å²) in [5.41, 5.74) is 5.92. The number of ether oxygens (including phenoxy) is 1. The van der Waals surface area contributed by atoms with Gasteiger partial charge in [0.2, 0.25) is 0 Å². The highest BCUT2D eigenvalue weighted by molar-refractivity contribution is 5.25. The second-order valence-electron chi connectivity index (χ2n) is 5.80. The number of benzene rings is 1. The summed E-state index contributed by atoms with van der Waals surface area (Å²) in [6.45, 7) is 4.64. The van der Waals surface area contributed by atoms with E-state index < -0.39 is 23.3 Å². The normalized spacial score (nSPS) is 28.4. The summed E-state index contributed by atoms with van der Waals surface area (Å²) >= 11 is 0. The van der Waals surface area contributed by atoms with Crippen LogP contribution in [0.3, 0.4) is 0 Å². The molecule has 1 saturated carbocycles. The van der Waals surface area contributed by atoms with E-state index in [1.54, 1.807) is 6.07 Å². The van der Waals surface area contributed by atoms with Gasteiger partial charge >= 0.3 is 0 Å². The van der Waals surface area contributed by atoms with E-state index in [1.807, 2.05) is 6.92 Å². The van der Waals surface area contributed by atoms with Crippen LogP contribution in [0.15, 0.2) is 18.2 Å². The fourth-order valence-corrected chi connectivity index (χ4v) is 3.13. The Morgan fingerprint density at radius 2 is 2.00 bits per heavy atom. The fraction of sp³-hybridized carbons (Fsp3) is 0.625. The summed E-state index contributed by atoms with van der Waals surface area (Å²) in [6, 6.07) is 3.54. The molecule has 1 aliphatic rings. The van der Waals surface area contributed by atoms with Crippen molar-refractivity contribution in [1.29, 1.82) is 0 Å². The predicted octanol–water partition coefficient (Wildman–Crippen LogP) is 3.95. The maximum Gasteiger partial charge on any atom is 0.163 e. The van der Waals surface area contributed by atoms with Crippen LogP contribution in [-0.4, -0.2) is 12.2 Å². The van der Waals surface area contributed by atoms with Gasteiger partial charge in [0, 0.05) is 12.2 Å². The molecule has 112 valence electrons. The predicted molar refractivity (Wildman–Crippen MR) is 75.3 cm³/mol. The van der Waals surface area contributed by atoms with Crippen molar-refractivity contribution in [3.63, 3.8) is 0 Å². The number of rotatable bonds is 4. The Balaban J connectivity index is 2.31. The van der Waals surface area contributed by atoms with Crippen LogP contribution < -0.4 is 5.73 Å². The van der Waals surface area contributed by atoms with Crippen LogP contribution >= 0.6 is 0 Å². The van der Waals surface area contributed by atoms with Gasteiger partial charge in [-0.05, 0) is 44.6 Å². The summed E-state index contributed by atoms with van der Waals surface area (Å²) in [4.78, 5) is 0. The molecule has 0 heterocycles. The van der Waals surface area contributed by atoms with Crippen molar-refractivity contribution in [3.05, 3.63) is 35.4 Å².